The van der Waals surface area contributed by atoms with Crippen LogP contribution in [0.15, 0.2) is 36.4 Å². The summed E-state index contributed by atoms with van der Waals surface area (Å²) in [6.45, 7) is 0. The maximum atomic E-state index is 5.09. The number of ether oxygens (including phenoxy) is 2. The molecule has 0 spiro atoms. The van der Waals surface area contributed by atoms with Gasteiger partial charge in [-0.15, -0.1) is 0 Å². The summed E-state index contributed by atoms with van der Waals surface area (Å²) in [5, 5.41) is 0. The van der Waals surface area contributed by atoms with E-state index in [0.717, 1.165) is 11.3 Å². The topological polar surface area (TPSA) is 44.2 Å². The highest BCUT2D eigenvalue weighted by atomic mass is 16.5. The van der Waals surface area contributed by atoms with Crippen LogP contribution in [0.3, 0.4) is 0 Å². The van der Waals surface area contributed by atoms with Crippen molar-refractivity contribution in [3.63, 3.8) is 0 Å². The second-order valence-electron chi connectivity index (χ2n) is 3.15. The molecule has 2 aromatic rings. The van der Waals surface area contributed by atoms with Gasteiger partial charge in [0.05, 0.1) is 19.9 Å². The molecular weight excluding hydrogens is 204 g/mol. The number of nitrogens with zero attached hydrogens (tertiary/aromatic N) is 2. The van der Waals surface area contributed by atoms with Crippen molar-refractivity contribution in [2.75, 3.05) is 14.2 Å². The minimum Gasteiger partial charge on any atom is -0.481 e. The van der Waals surface area contributed by atoms with Gasteiger partial charge in [0.1, 0.15) is 0 Å². The van der Waals surface area contributed by atoms with Crippen molar-refractivity contribution in [1.29, 1.82) is 0 Å². The molecule has 1 aromatic heterocycles. The zero-order valence-corrected chi connectivity index (χ0v) is 9.18. The molecule has 1 heterocycles. The Kier molecular flexibility index (Phi) is 3.00. The van der Waals surface area contributed by atoms with Crippen LogP contribution in [0, 0.1) is 0 Å². The average molecular weight is 216 g/mol. The van der Waals surface area contributed by atoms with E-state index >= 15 is 0 Å². The van der Waals surface area contributed by atoms with Crippen LogP contribution < -0.4 is 9.47 Å². The van der Waals surface area contributed by atoms with E-state index in [0.29, 0.717) is 11.9 Å². The van der Waals surface area contributed by atoms with Gasteiger partial charge in [-0.2, -0.15) is 9.97 Å². The van der Waals surface area contributed by atoms with E-state index in [1.165, 1.54) is 7.11 Å². The summed E-state index contributed by atoms with van der Waals surface area (Å²) < 4.78 is 10.1. The van der Waals surface area contributed by atoms with Crippen LogP contribution in [0.2, 0.25) is 0 Å². The fraction of sp³-hybridized carbons (Fsp3) is 0.167. The van der Waals surface area contributed by atoms with E-state index in [1.807, 2.05) is 30.3 Å². The van der Waals surface area contributed by atoms with Crippen molar-refractivity contribution >= 4 is 0 Å². The fourth-order valence-electron chi connectivity index (χ4n) is 1.36. The first-order valence-corrected chi connectivity index (χ1v) is 4.86. The largest absolute Gasteiger partial charge is 0.481 e. The molecule has 0 N–H and O–H groups in total. The van der Waals surface area contributed by atoms with Crippen LogP contribution in [-0.4, -0.2) is 24.2 Å². The maximum absolute atomic E-state index is 5.09. The Morgan fingerprint density at radius 1 is 0.938 bits per heavy atom. The second-order valence-corrected chi connectivity index (χ2v) is 3.15. The Balaban J connectivity index is 2.48. The van der Waals surface area contributed by atoms with E-state index < -0.39 is 0 Å². The van der Waals surface area contributed by atoms with E-state index in [9.17, 15) is 0 Å². The van der Waals surface area contributed by atoms with Crippen molar-refractivity contribution in [2.24, 2.45) is 0 Å². The highest BCUT2D eigenvalue weighted by molar-refractivity contribution is 5.60. The van der Waals surface area contributed by atoms with Crippen LogP contribution in [-0.2, 0) is 0 Å². The minimum atomic E-state index is 0.304. The standard InChI is InChI=1S/C12H12N2O2/c1-15-11-8-10(13-12(14-11)16-2)9-6-4-3-5-7-9/h3-8H,1-2H3. The molecule has 0 bridgehead atoms. The van der Waals surface area contributed by atoms with Gasteiger partial charge in [0.2, 0.25) is 5.88 Å². The highest BCUT2D eigenvalue weighted by Crippen LogP contribution is 2.22. The summed E-state index contributed by atoms with van der Waals surface area (Å²) in [5.41, 5.74) is 1.78. The smallest absolute Gasteiger partial charge is 0.320 e. The molecule has 0 saturated carbocycles. The molecule has 0 unspecified atom stereocenters. The molecule has 0 fully saturated rings. The second kappa shape index (κ2) is 4.61. The van der Waals surface area contributed by atoms with Crippen molar-refractivity contribution in [3.8, 4) is 23.1 Å². The number of aromatic nitrogens is 2. The first kappa shape index (κ1) is 10.4. The first-order valence-electron chi connectivity index (χ1n) is 4.86. The molecule has 16 heavy (non-hydrogen) atoms. The molecule has 0 aliphatic rings. The third-order valence-corrected chi connectivity index (χ3v) is 2.14. The highest BCUT2D eigenvalue weighted by Gasteiger charge is 2.06. The first-order chi connectivity index (χ1) is 7.83. The van der Waals surface area contributed by atoms with Crippen LogP contribution in [0.5, 0.6) is 11.9 Å². The lowest BCUT2D eigenvalue weighted by molar-refractivity contribution is 0.353. The lowest BCUT2D eigenvalue weighted by atomic mass is 10.1. The Morgan fingerprint density at radius 2 is 1.69 bits per heavy atom. The SMILES string of the molecule is COc1cc(-c2ccccc2)nc(OC)n1. The van der Waals surface area contributed by atoms with E-state index in [2.05, 4.69) is 9.97 Å². The molecular formula is C12H12N2O2. The third-order valence-electron chi connectivity index (χ3n) is 2.14. The van der Waals surface area contributed by atoms with Gasteiger partial charge in [0.15, 0.2) is 0 Å². The Labute approximate surface area is 93.9 Å². The van der Waals surface area contributed by atoms with Crippen LogP contribution in [0.25, 0.3) is 11.3 Å². The van der Waals surface area contributed by atoms with Gasteiger partial charge in [-0.3, -0.25) is 0 Å². The summed E-state index contributed by atoms with van der Waals surface area (Å²) >= 11 is 0. The molecule has 0 aliphatic carbocycles. The molecule has 0 radical (unpaired) electrons. The van der Waals surface area contributed by atoms with Gasteiger partial charge < -0.3 is 9.47 Å². The third kappa shape index (κ3) is 2.11. The van der Waals surface area contributed by atoms with Gasteiger partial charge in [0.25, 0.3) is 0 Å². The molecule has 0 saturated heterocycles. The van der Waals surface area contributed by atoms with Gasteiger partial charge in [-0.25, -0.2) is 0 Å². The molecule has 4 nitrogen and oxygen atoms in total. The number of benzene rings is 1. The summed E-state index contributed by atoms with van der Waals surface area (Å²) in [5.74, 6) is 0.491. The van der Waals surface area contributed by atoms with Gasteiger partial charge in [-0.05, 0) is 0 Å². The monoisotopic (exact) mass is 216 g/mol. The van der Waals surface area contributed by atoms with Crippen LogP contribution in [0.1, 0.15) is 0 Å². The number of hydrogen-bond acceptors (Lipinski definition) is 4. The zero-order chi connectivity index (χ0) is 11.4. The predicted molar refractivity (Wildman–Crippen MR) is 60.6 cm³/mol. The quantitative estimate of drug-likeness (QED) is 0.788. The molecule has 82 valence electrons. The summed E-state index contributed by atoms with van der Waals surface area (Å²) in [7, 11) is 3.10. The van der Waals surface area contributed by atoms with E-state index in [-0.39, 0.29) is 0 Å². The van der Waals surface area contributed by atoms with E-state index in [1.54, 1.807) is 13.2 Å². The zero-order valence-electron chi connectivity index (χ0n) is 9.18. The Hall–Kier alpha value is -2.10. The van der Waals surface area contributed by atoms with Gasteiger partial charge >= 0.3 is 6.01 Å². The van der Waals surface area contributed by atoms with Crippen molar-refractivity contribution in [2.45, 2.75) is 0 Å². The maximum Gasteiger partial charge on any atom is 0.320 e. The average Bonchev–Trinajstić information content (AvgIpc) is 2.39. The molecule has 4 heteroatoms. The van der Waals surface area contributed by atoms with Crippen molar-refractivity contribution < 1.29 is 9.47 Å². The molecule has 0 amide bonds. The van der Waals surface area contributed by atoms with Gasteiger partial charge in [-0.1, -0.05) is 30.3 Å². The minimum absolute atomic E-state index is 0.304. The predicted octanol–water partition coefficient (Wildman–Crippen LogP) is 2.16. The fourth-order valence-corrected chi connectivity index (χ4v) is 1.36. The summed E-state index contributed by atoms with van der Waals surface area (Å²) in [4.78, 5) is 8.30. The lowest BCUT2D eigenvalue weighted by Gasteiger charge is -2.05. The van der Waals surface area contributed by atoms with Crippen molar-refractivity contribution in [3.05, 3.63) is 36.4 Å². The molecule has 2 rings (SSSR count). The molecule has 0 atom stereocenters. The van der Waals surface area contributed by atoms with Crippen molar-refractivity contribution in [1.82, 2.24) is 9.97 Å². The summed E-state index contributed by atoms with van der Waals surface area (Å²) in [6, 6.07) is 11.9. The normalized spacial score (nSPS) is 9.88. The van der Waals surface area contributed by atoms with Gasteiger partial charge in [0, 0.05) is 11.6 Å². The van der Waals surface area contributed by atoms with Crippen LogP contribution >= 0.6 is 0 Å². The van der Waals surface area contributed by atoms with E-state index in [4.69, 9.17) is 9.47 Å². The Bertz CT molecular complexity index is 449. The van der Waals surface area contributed by atoms with Crippen LogP contribution in [0.4, 0.5) is 0 Å². The molecule has 1 aromatic carbocycles. The lowest BCUT2D eigenvalue weighted by Crippen LogP contribution is -1.97. The summed E-state index contributed by atoms with van der Waals surface area (Å²) in [6.07, 6.45) is 0. The number of hydrogen-bond donors (Lipinski definition) is 0. The Morgan fingerprint density at radius 3 is 2.31 bits per heavy atom. The molecule has 0 aliphatic heterocycles. The number of rotatable bonds is 3. The number of methoxy groups -OCH3 is 2.